The molecule has 0 spiro atoms. The molecule has 2 atom stereocenters. The molecule has 0 amide bonds. The number of hydrogen-bond donors (Lipinski definition) is 0. The second kappa shape index (κ2) is 2.71. The predicted octanol–water partition coefficient (Wildman–Crippen LogP) is -0.0403. The van der Waals surface area contributed by atoms with Gasteiger partial charge in [-0.1, -0.05) is 0 Å². The molecular formula is C7H11NO3S. The van der Waals surface area contributed by atoms with Gasteiger partial charge in [-0.2, -0.15) is 5.26 Å². The van der Waals surface area contributed by atoms with Crippen molar-refractivity contribution in [1.29, 1.82) is 5.26 Å². The largest absolute Gasteiger partial charge is 0.383 e. The van der Waals surface area contributed by atoms with Crippen LogP contribution < -0.4 is 0 Å². The van der Waals surface area contributed by atoms with Gasteiger partial charge >= 0.3 is 0 Å². The first-order valence-corrected chi connectivity index (χ1v) is 5.51. The SMILES string of the molecule is COC[C@@]1(C#N)C[C@H]1S(C)(=O)=O. The van der Waals surface area contributed by atoms with Gasteiger partial charge in [-0.3, -0.25) is 0 Å². The Morgan fingerprint density at radius 1 is 1.75 bits per heavy atom. The van der Waals surface area contributed by atoms with E-state index >= 15 is 0 Å². The van der Waals surface area contributed by atoms with Gasteiger partial charge in [-0.05, 0) is 6.42 Å². The third-order valence-corrected chi connectivity index (χ3v) is 3.80. The van der Waals surface area contributed by atoms with E-state index in [9.17, 15) is 8.42 Å². The predicted molar refractivity (Wildman–Crippen MR) is 43.2 cm³/mol. The standard InChI is InChI=1S/C7H11NO3S/c1-11-5-7(4-8)3-6(7)12(2,9)10/h6H,3,5H2,1-2H3/t6-,7+/m1/s1. The molecule has 1 fully saturated rings. The summed E-state index contributed by atoms with van der Waals surface area (Å²) in [5.41, 5.74) is -0.762. The average molecular weight is 189 g/mol. The van der Waals surface area contributed by atoms with Crippen molar-refractivity contribution in [1.82, 2.24) is 0 Å². The Bertz CT molecular complexity index is 316. The highest BCUT2D eigenvalue weighted by Crippen LogP contribution is 2.49. The van der Waals surface area contributed by atoms with Gasteiger partial charge in [0.25, 0.3) is 0 Å². The molecule has 0 N–H and O–H groups in total. The fraction of sp³-hybridized carbons (Fsp3) is 0.857. The fourth-order valence-corrected chi connectivity index (χ4v) is 2.93. The summed E-state index contributed by atoms with van der Waals surface area (Å²) in [6.45, 7) is 0.210. The van der Waals surface area contributed by atoms with Gasteiger partial charge in [0, 0.05) is 13.4 Å². The summed E-state index contributed by atoms with van der Waals surface area (Å²) in [6.07, 6.45) is 1.57. The maximum Gasteiger partial charge on any atom is 0.152 e. The van der Waals surface area contributed by atoms with Gasteiger partial charge in [0.05, 0.1) is 23.3 Å². The third kappa shape index (κ3) is 1.45. The Labute approximate surface area is 72.1 Å². The van der Waals surface area contributed by atoms with E-state index in [4.69, 9.17) is 10.00 Å². The molecule has 68 valence electrons. The molecule has 12 heavy (non-hydrogen) atoms. The summed E-state index contributed by atoms with van der Waals surface area (Å²) in [5, 5.41) is 8.21. The lowest BCUT2D eigenvalue weighted by Crippen LogP contribution is -2.17. The highest BCUT2D eigenvalue weighted by molar-refractivity contribution is 7.91. The third-order valence-electron chi connectivity index (χ3n) is 2.15. The molecule has 5 heteroatoms. The fourth-order valence-electron chi connectivity index (χ4n) is 1.39. The summed E-state index contributed by atoms with van der Waals surface area (Å²) < 4.78 is 26.9. The molecule has 0 bridgehead atoms. The quantitative estimate of drug-likeness (QED) is 0.624. The molecule has 1 aliphatic carbocycles. The molecule has 0 aromatic heterocycles. The van der Waals surface area contributed by atoms with Crippen LogP contribution in [0.25, 0.3) is 0 Å². The molecule has 1 saturated carbocycles. The minimum absolute atomic E-state index is 0.210. The van der Waals surface area contributed by atoms with Gasteiger partial charge in [0.2, 0.25) is 0 Å². The van der Waals surface area contributed by atoms with E-state index in [0.29, 0.717) is 6.42 Å². The first kappa shape index (κ1) is 9.49. The van der Waals surface area contributed by atoms with Crippen LogP contribution in [0.2, 0.25) is 0 Å². The van der Waals surface area contributed by atoms with Crippen LogP contribution in [-0.2, 0) is 14.6 Å². The molecule has 0 aromatic rings. The molecular weight excluding hydrogens is 178 g/mol. The summed E-state index contributed by atoms with van der Waals surface area (Å²) in [5.74, 6) is 0. The van der Waals surface area contributed by atoms with Crippen LogP contribution in [0.3, 0.4) is 0 Å². The number of nitriles is 1. The van der Waals surface area contributed by atoms with Gasteiger partial charge in [-0.25, -0.2) is 8.42 Å². The first-order valence-electron chi connectivity index (χ1n) is 3.55. The molecule has 0 saturated heterocycles. The van der Waals surface area contributed by atoms with Gasteiger partial charge in [0.15, 0.2) is 9.84 Å². The highest BCUT2D eigenvalue weighted by Gasteiger charge is 2.60. The zero-order valence-corrected chi connectivity index (χ0v) is 7.89. The lowest BCUT2D eigenvalue weighted by atomic mass is 10.1. The maximum absolute atomic E-state index is 11.0. The number of sulfone groups is 1. The van der Waals surface area contributed by atoms with E-state index in [2.05, 4.69) is 0 Å². The minimum atomic E-state index is -3.07. The van der Waals surface area contributed by atoms with Gasteiger partial charge in [-0.15, -0.1) is 0 Å². The number of methoxy groups -OCH3 is 1. The van der Waals surface area contributed by atoms with Crippen LogP contribution in [0.5, 0.6) is 0 Å². The monoisotopic (exact) mass is 189 g/mol. The zero-order valence-electron chi connectivity index (χ0n) is 7.07. The summed E-state index contributed by atoms with van der Waals surface area (Å²) >= 11 is 0. The van der Waals surface area contributed by atoms with Gasteiger partial charge < -0.3 is 4.74 Å². The minimum Gasteiger partial charge on any atom is -0.383 e. The maximum atomic E-state index is 11.0. The van der Waals surface area contributed by atoms with Crippen LogP contribution in [0.4, 0.5) is 0 Å². The van der Waals surface area contributed by atoms with Crippen molar-refractivity contribution in [2.45, 2.75) is 11.7 Å². The van der Waals surface area contributed by atoms with E-state index in [-0.39, 0.29) is 6.61 Å². The number of hydrogen-bond acceptors (Lipinski definition) is 4. The molecule has 0 aliphatic heterocycles. The molecule has 0 aromatic carbocycles. The van der Waals surface area contributed by atoms with Crippen molar-refractivity contribution < 1.29 is 13.2 Å². The molecule has 0 heterocycles. The summed E-state index contributed by atoms with van der Waals surface area (Å²) in [7, 11) is -1.61. The molecule has 4 nitrogen and oxygen atoms in total. The summed E-state index contributed by atoms with van der Waals surface area (Å²) in [4.78, 5) is 0. The van der Waals surface area contributed by atoms with Crippen LogP contribution in [-0.4, -0.2) is 33.6 Å². The van der Waals surface area contributed by atoms with Crippen LogP contribution in [0.1, 0.15) is 6.42 Å². The first-order chi connectivity index (χ1) is 5.46. The lowest BCUT2D eigenvalue weighted by molar-refractivity contribution is 0.164. The normalized spacial score (nSPS) is 34.2. The van der Waals surface area contributed by atoms with Crippen molar-refractivity contribution in [2.75, 3.05) is 20.0 Å². The van der Waals surface area contributed by atoms with Crippen LogP contribution in [0, 0.1) is 16.7 Å². The highest BCUT2D eigenvalue weighted by atomic mass is 32.2. The van der Waals surface area contributed by atoms with Crippen molar-refractivity contribution in [3.63, 3.8) is 0 Å². The van der Waals surface area contributed by atoms with E-state index in [1.54, 1.807) is 0 Å². The summed E-state index contributed by atoms with van der Waals surface area (Å²) in [6, 6.07) is 2.01. The molecule has 0 radical (unpaired) electrons. The van der Waals surface area contributed by atoms with E-state index < -0.39 is 20.5 Å². The van der Waals surface area contributed by atoms with Crippen molar-refractivity contribution in [2.24, 2.45) is 5.41 Å². The molecule has 1 aliphatic rings. The molecule has 1 rings (SSSR count). The lowest BCUT2D eigenvalue weighted by Gasteiger charge is -2.04. The number of ether oxygens (including phenoxy) is 1. The number of rotatable bonds is 3. The topological polar surface area (TPSA) is 67.2 Å². The van der Waals surface area contributed by atoms with Crippen LogP contribution in [0.15, 0.2) is 0 Å². The molecule has 0 unspecified atom stereocenters. The smallest absolute Gasteiger partial charge is 0.152 e. The Morgan fingerprint density at radius 2 is 2.33 bits per heavy atom. The Balaban J connectivity index is 2.76. The van der Waals surface area contributed by atoms with E-state index in [1.807, 2.05) is 6.07 Å². The van der Waals surface area contributed by atoms with Crippen LogP contribution >= 0.6 is 0 Å². The van der Waals surface area contributed by atoms with E-state index in [1.165, 1.54) is 7.11 Å². The Kier molecular flexibility index (Phi) is 2.15. The Morgan fingerprint density at radius 3 is 2.58 bits per heavy atom. The van der Waals surface area contributed by atoms with Crippen molar-refractivity contribution in [3.05, 3.63) is 0 Å². The number of nitrogens with zero attached hydrogens (tertiary/aromatic N) is 1. The van der Waals surface area contributed by atoms with E-state index in [0.717, 1.165) is 6.26 Å². The van der Waals surface area contributed by atoms with Crippen molar-refractivity contribution >= 4 is 9.84 Å². The van der Waals surface area contributed by atoms with Gasteiger partial charge in [0.1, 0.15) is 0 Å². The van der Waals surface area contributed by atoms with Crippen molar-refractivity contribution in [3.8, 4) is 6.07 Å². The average Bonchev–Trinajstić information content (AvgIpc) is 2.64. The zero-order chi connectivity index (χ0) is 9.41. The second-order valence-electron chi connectivity index (χ2n) is 3.22. The second-order valence-corrected chi connectivity index (χ2v) is 5.45. The Hall–Kier alpha value is -0.600.